The highest BCUT2D eigenvalue weighted by molar-refractivity contribution is 6.02. The van der Waals surface area contributed by atoms with Crippen LogP contribution in [0.4, 0.5) is 0 Å². The van der Waals surface area contributed by atoms with E-state index >= 15 is 0 Å². The summed E-state index contributed by atoms with van der Waals surface area (Å²) in [6.45, 7) is 15.9. The summed E-state index contributed by atoms with van der Waals surface area (Å²) in [5, 5.41) is 1.06. The van der Waals surface area contributed by atoms with Gasteiger partial charge in [0.25, 0.3) is 5.91 Å². The summed E-state index contributed by atoms with van der Waals surface area (Å²) in [6.07, 6.45) is 3.48. The molecule has 24 heavy (non-hydrogen) atoms. The van der Waals surface area contributed by atoms with Gasteiger partial charge < -0.3 is 14.2 Å². The highest BCUT2D eigenvalue weighted by Crippen LogP contribution is 2.30. The molecule has 0 saturated heterocycles. The molecule has 1 aromatic heterocycles. The fourth-order valence-corrected chi connectivity index (χ4v) is 3.06. The van der Waals surface area contributed by atoms with E-state index in [9.17, 15) is 4.79 Å². The second kappa shape index (κ2) is 7.86. The van der Waals surface area contributed by atoms with Crippen LogP contribution in [0.5, 0.6) is 5.75 Å². The molecule has 1 aromatic carbocycles. The van der Waals surface area contributed by atoms with Gasteiger partial charge in [-0.3, -0.25) is 4.79 Å². The molecule has 0 N–H and O–H groups in total. The Morgan fingerprint density at radius 2 is 1.92 bits per heavy atom. The van der Waals surface area contributed by atoms with Gasteiger partial charge in [0, 0.05) is 30.5 Å². The van der Waals surface area contributed by atoms with E-state index in [2.05, 4.69) is 24.6 Å². The fraction of sp³-hybridized carbons (Fsp3) is 0.350. The lowest BCUT2D eigenvalue weighted by Crippen LogP contribution is -2.33. The molecule has 128 valence electrons. The van der Waals surface area contributed by atoms with Crippen molar-refractivity contribution >= 4 is 16.8 Å². The molecule has 0 radical (unpaired) electrons. The summed E-state index contributed by atoms with van der Waals surface area (Å²) in [4.78, 5) is 14.8. The minimum absolute atomic E-state index is 0.00306. The molecular formula is C20H26N2O2. The second-order valence-electron chi connectivity index (χ2n) is 5.62. The molecule has 0 aliphatic carbocycles. The summed E-state index contributed by atoms with van der Waals surface area (Å²) in [6, 6.07) is 6.00. The van der Waals surface area contributed by atoms with Crippen LogP contribution in [0, 0.1) is 6.92 Å². The van der Waals surface area contributed by atoms with E-state index in [1.54, 1.807) is 17.1 Å². The van der Waals surface area contributed by atoms with E-state index in [-0.39, 0.29) is 5.91 Å². The van der Waals surface area contributed by atoms with Crippen LogP contribution in [-0.2, 0) is 6.54 Å². The summed E-state index contributed by atoms with van der Waals surface area (Å²) >= 11 is 0. The first-order valence-corrected chi connectivity index (χ1v) is 8.35. The van der Waals surface area contributed by atoms with Gasteiger partial charge in [-0.15, -0.1) is 13.2 Å². The fourth-order valence-electron chi connectivity index (χ4n) is 3.06. The Morgan fingerprint density at radius 3 is 2.46 bits per heavy atom. The quantitative estimate of drug-likeness (QED) is 0.682. The Balaban J connectivity index is 2.59. The molecule has 0 aliphatic rings. The van der Waals surface area contributed by atoms with E-state index in [0.717, 1.165) is 34.5 Å². The SMILES string of the molecule is C=CCN(CC=C)C(=O)c1c(C)c2cc(OCC)ccc2n1CC. The predicted octanol–water partition coefficient (Wildman–Crippen LogP) is 4.18. The minimum Gasteiger partial charge on any atom is -0.494 e. The van der Waals surface area contributed by atoms with Gasteiger partial charge >= 0.3 is 0 Å². The maximum atomic E-state index is 13.1. The number of benzene rings is 1. The number of hydrogen-bond donors (Lipinski definition) is 0. The van der Waals surface area contributed by atoms with Crippen LogP contribution in [0.1, 0.15) is 29.9 Å². The molecule has 4 nitrogen and oxygen atoms in total. The maximum Gasteiger partial charge on any atom is 0.271 e. The van der Waals surface area contributed by atoms with E-state index in [1.807, 2.05) is 32.0 Å². The van der Waals surface area contributed by atoms with Crippen molar-refractivity contribution in [3.63, 3.8) is 0 Å². The molecule has 0 aliphatic heterocycles. The van der Waals surface area contributed by atoms with Crippen molar-refractivity contribution in [2.75, 3.05) is 19.7 Å². The highest BCUT2D eigenvalue weighted by atomic mass is 16.5. The molecule has 0 fully saturated rings. The van der Waals surface area contributed by atoms with E-state index in [1.165, 1.54) is 0 Å². The lowest BCUT2D eigenvalue weighted by molar-refractivity contribution is 0.0780. The lowest BCUT2D eigenvalue weighted by atomic mass is 10.1. The molecule has 0 atom stereocenters. The summed E-state index contributed by atoms with van der Waals surface area (Å²) < 4.78 is 7.68. The molecule has 0 bridgehead atoms. The summed E-state index contributed by atoms with van der Waals surface area (Å²) in [7, 11) is 0. The zero-order valence-corrected chi connectivity index (χ0v) is 14.8. The molecule has 1 heterocycles. The third kappa shape index (κ3) is 3.23. The lowest BCUT2D eigenvalue weighted by Gasteiger charge is -2.21. The van der Waals surface area contributed by atoms with Crippen molar-refractivity contribution in [1.82, 2.24) is 9.47 Å². The molecule has 0 unspecified atom stereocenters. The largest absolute Gasteiger partial charge is 0.494 e. The van der Waals surface area contributed by atoms with Gasteiger partial charge in [0.15, 0.2) is 0 Å². The normalized spacial score (nSPS) is 10.6. The van der Waals surface area contributed by atoms with Crippen molar-refractivity contribution in [1.29, 1.82) is 0 Å². The first kappa shape index (κ1) is 17.9. The molecule has 4 heteroatoms. The maximum absolute atomic E-state index is 13.1. The second-order valence-corrected chi connectivity index (χ2v) is 5.62. The van der Waals surface area contributed by atoms with Gasteiger partial charge in [0.05, 0.1) is 6.61 Å². The van der Waals surface area contributed by atoms with E-state index in [0.29, 0.717) is 19.7 Å². The van der Waals surface area contributed by atoms with Crippen LogP contribution in [-0.4, -0.2) is 35.1 Å². The molecule has 2 rings (SSSR count). The van der Waals surface area contributed by atoms with Crippen LogP contribution in [0.25, 0.3) is 10.9 Å². The molecule has 0 saturated carbocycles. The van der Waals surface area contributed by atoms with Crippen molar-refractivity contribution in [3.05, 3.63) is 54.8 Å². The van der Waals surface area contributed by atoms with Gasteiger partial charge in [-0.25, -0.2) is 0 Å². The number of amides is 1. The van der Waals surface area contributed by atoms with Crippen LogP contribution >= 0.6 is 0 Å². The van der Waals surface area contributed by atoms with Crippen LogP contribution in [0.2, 0.25) is 0 Å². The average Bonchev–Trinajstić information content (AvgIpc) is 2.86. The third-order valence-electron chi connectivity index (χ3n) is 4.10. The number of carbonyl (C=O) groups is 1. The minimum atomic E-state index is 0.00306. The number of fused-ring (bicyclic) bond motifs is 1. The molecule has 0 spiro atoms. The molecular weight excluding hydrogens is 300 g/mol. The highest BCUT2D eigenvalue weighted by Gasteiger charge is 2.23. The van der Waals surface area contributed by atoms with Gasteiger partial charge in [-0.05, 0) is 44.5 Å². The molecule has 1 amide bonds. The number of ether oxygens (including phenoxy) is 1. The first-order valence-electron chi connectivity index (χ1n) is 8.35. The number of rotatable bonds is 8. The Morgan fingerprint density at radius 1 is 1.25 bits per heavy atom. The topological polar surface area (TPSA) is 34.5 Å². The number of nitrogens with zero attached hydrogens (tertiary/aromatic N) is 2. The number of aromatic nitrogens is 1. The zero-order chi connectivity index (χ0) is 17.7. The number of aryl methyl sites for hydroxylation is 2. The van der Waals surface area contributed by atoms with Gasteiger partial charge in [-0.1, -0.05) is 12.2 Å². The monoisotopic (exact) mass is 326 g/mol. The Labute approximate surface area is 144 Å². The summed E-state index contributed by atoms with van der Waals surface area (Å²) in [5.41, 5.74) is 2.76. The zero-order valence-electron chi connectivity index (χ0n) is 14.8. The smallest absolute Gasteiger partial charge is 0.271 e. The number of hydrogen-bond acceptors (Lipinski definition) is 2. The van der Waals surface area contributed by atoms with Crippen LogP contribution < -0.4 is 4.74 Å². The third-order valence-corrected chi connectivity index (χ3v) is 4.10. The van der Waals surface area contributed by atoms with Crippen molar-refractivity contribution in [2.45, 2.75) is 27.3 Å². The van der Waals surface area contributed by atoms with E-state index < -0.39 is 0 Å². The van der Waals surface area contributed by atoms with Gasteiger partial charge in [0.2, 0.25) is 0 Å². The number of carbonyl (C=O) groups excluding carboxylic acids is 1. The Hall–Kier alpha value is -2.49. The van der Waals surface area contributed by atoms with Crippen molar-refractivity contribution in [2.24, 2.45) is 0 Å². The van der Waals surface area contributed by atoms with Gasteiger partial charge in [-0.2, -0.15) is 0 Å². The van der Waals surface area contributed by atoms with E-state index in [4.69, 9.17) is 4.74 Å². The Bertz CT molecular complexity index is 749. The Kier molecular flexibility index (Phi) is 5.85. The van der Waals surface area contributed by atoms with Crippen molar-refractivity contribution in [3.8, 4) is 5.75 Å². The van der Waals surface area contributed by atoms with Crippen LogP contribution in [0.15, 0.2) is 43.5 Å². The first-order chi connectivity index (χ1) is 11.6. The summed E-state index contributed by atoms with van der Waals surface area (Å²) in [5.74, 6) is 0.831. The van der Waals surface area contributed by atoms with Crippen molar-refractivity contribution < 1.29 is 9.53 Å². The predicted molar refractivity (Wildman–Crippen MR) is 99.8 cm³/mol. The molecule has 2 aromatic rings. The average molecular weight is 326 g/mol. The van der Waals surface area contributed by atoms with Gasteiger partial charge in [0.1, 0.15) is 11.4 Å². The van der Waals surface area contributed by atoms with Crippen LogP contribution in [0.3, 0.4) is 0 Å². The standard InChI is InChI=1S/C20H26N2O2/c1-6-12-21(13-7-2)20(23)19-15(5)17-14-16(24-9-4)10-11-18(17)22(19)8-3/h6-7,10-11,14H,1-2,8-9,12-13H2,3-5H3.